The average molecular weight is 587 g/mol. The third-order valence-electron chi connectivity index (χ3n) is 8.87. The number of ether oxygens (including phenoxy) is 1. The molecule has 2 fully saturated rings. The number of nitrogens with zero attached hydrogens (tertiary/aromatic N) is 5. The summed E-state index contributed by atoms with van der Waals surface area (Å²) in [5.41, 5.74) is -0.354. The Morgan fingerprint density at radius 2 is 1.98 bits per heavy atom. The normalized spacial score (nSPS) is 21.5. The van der Waals surface area contributed by atoms with Crippen LogP contribution in [0.2, 0.25) is 0 Å². The van der Waals surface area contributed by atoms with Crippen LogP contribution in [0.5, 0.6) is 0 Å². The number of hydrogen-bond donors (Lipinski definition) is 1. The van der Waals surface area contributed by atoms with E-state index in [1.54, 1.807) is 37.4 Å². The molecule has 1 aromatic heterocycles. The SMILES string of the molecule is CC(C)[C@H]1CNCCN1Cc1cc2c(c(C(F)(F)F)c1)CN(c1cccc(C3([C@H](F)c4nncn4C)COC3)c1)C2=O. The molecule has 0 unspecified atom stereocenters. The maximum atomic E-state index is 15.9. The van der Waals surface area contributed by atoms with Gasteiger partial charge in [-0.1, -0.05) is 26.0 Å². The lowest BCUT2D eigenvalue weighted by molar-refractivity contribution is -0.138. The lowest BCUT2D eigenvalue weighted by atomic mass is 9.74. The van der Waals surface area contributed by atoms with Crippen LogP contribution in [0.1, 0.15) is 58.5 Å². The van der Waals surface area contributed by atoms with Crippen molar-refractivity contribution < 1.29 is 27.1 Å². The molecule has 0 saturated carbocycles. The largest absolute Gasteiger partial charge is 0.416 e. The van der Waals surface area contributed by atoms with Crippen LogP contribution in [0.3, 0.4) is 0 Å². The summed E-state index contributed by atoms with van der Waals surface area (Å²) >= 11 is 0. The number of nitrogens with one attached hydrogen (secondary N) is 1. The predicted molar refractivity (Wildman–Crippen MR) is 148 cm³/mol. The van der Waals surface area contributed by atoms with Gasteiger partial charge in [0.05, 0.1) is 30.7 Å². The molecule has 2 aromatic carbocycles. The van der Waals surface area contributed by atoms with Gasteiger partial charge >= 0.3 is 6.18 Å². The molecule has 42 heavy (non-hydrogen) atoms. The van der Waals surface area contributed by atoms with Gasteiger partial charge in [0.2, 0.25) is 0 Å². The molecule has 224 valence electrons. The summed E-state index contributed by atoms with van der Waals surface area (Å²) in [7, 11) is 1.66. The lowest BCUT2D eigenvalue weighted by Gasteiger charge is -2.43. The van der Waals surface area contributed by atoms with E-state index in [1.165, 1.54) is 21.9 Å². The fraction of sp³-hybridized carbons (Fsp3) is 0.500. The Morgan fingerprint density at radius 1 is 1.19 bits per heavy atom. The molecule has 1 amide bonds. The van der Waals surface area contributed by atoms with Crippen molar-refractivity contribution >= 4 is 11.6 Å². The Morgan fingerprint density at radius 3 is 2.62 bits per heavy atom. The molecule has 12 heteroatoms. The molecule has 0 radical (unpaired) electrons. The molecule has 3 aromatic rings. The summed E-state index contributed by atoms with van der Waals surface area (Å²) in [5, 5.41) is 11.1. The molecule has 3 aliphatic rings. The molecule has 2 saturated heterocycles. The van der Waals surface area contributed by atoms with E-state index in [0.29, 0.717) is 35.8 Å². The third-order valence-corrected chi connectivity index (χ3v) is 8.87. The van der Waals surface area contributed by atoms with Gasteiger partial charge in [-0.2, -0.15) is 13.2 Å². The van der Waals surface area contributed by atoms with E-state index < -0.39 is 29.2 Å². The summed E-state index contributed by atoms with van der Waals surface area (Å²) < 4.78 is 65.9. The number of hydrogen-bond acceptors (Lipinski definition) is 6. The van der Waals surface area contributed by atoms with Crippen LogP contribution in [-0.2, 0) is 36.5 Å². The Kier molecular flexibility index (Phi) is 7.35. The second-order valence-electron chi connectivity index (χ2n) is 11.9. The van der Waals surface area contributed by atoms with Gasteiger partial charge in [-0.3, -0.25) is 9.69 Å². The molecule has 2 atom stereocenters. The molecular formula is C30H34F4N6O2. The zero-order chi connectivity index (χ0) is 29.8. The molecule has 1 N–H and O–H groups in total. The summed E-state index contributed by atoms with van der Waals surface area (Å²) in [6.45, 7) is 6.74. The van der Waals surface area contributed by atoms with Crippen LogP contribution in [-0.4, -0.2) is 64.5 Å². The van der Waals surface area contributed by atoms with Crippen LogP contribution in [0.4, 0.5) is 23.2 Å². The highest BCUT2D eigenvalue weighted by Crippen LogP contribution is 2.47. The number of rotatable bonds is 7. The van der Waals surface area contributed by atoms with Crippen molar-refractivity contribution in [3.8, 4) is 0 Å². The van der Waals surface area contributed by atoms with Crippen molar-refractivity contribution in [2.24, 2.45) is 13.0 Å². The number of carbonyl (C=O) groups excluding carboxylic acids is 1. The Labute approximate surface area is 241 Å². The number of anilines is 1. The molecular weight excluding hydrogens is 552 g/mol. The van der Waals surface area contributed by atoms with Gasteiger partial charge in [0.15, 0.2) is 12.0 Å². The van der Waals surface area contributed by atoms with Crippen LogP contribution < -0.4 is 10.2 Å². The first kappa shape index (κ1) is 28.8. The number of benzene rings is 2. The zero-order valence-corrected chi connectivity index (χ0v) is 23.8. The minimum Gasteiger partial charge on any atom is -0.379 e. The van der Waals surface area contributed by atoms with Crippen molar-refractivity contribution in [3.05, 3.63) is 76.4 Å². The highest BCUT2D eigenvalue weighted by atomic mass is 19.4. The minimum atomic E-state index is -4.62. The Balaban J connectivity index is 1.33. The number of carbonyl (C=O) groups is 1. The number of fused-ring (bicyclic) bond motifs is 1. The topological polar surface area (TPSA) is 75.5 Å². The maximum Gasteiger partial charge on any atom is 0.416 e. The molecule has 0 spiro atoms. The van der Waals surface area contributed by atoms with Crippen LogP contribution in [0.15, 0.2) is 42.7 Å². The molecule has 3 aliphatic heterocycles. The smallest absolute Gasteiger partial charge is 0.379 e. The first-order chi connectivity index (χ1) is 20.0. The van der Waals surface area contributed by atoms with Crippen molar-refractivity contribution in [3.63, 3.8) is 0 Å². The van der Waals surface area contributed by atoms with Crippen LogP contribution >= 0.6 is 0 Å². The molecule has 6 rings (SSSR count). The first-order valence-corrected chi connectivity index (χ1v) is 14.2. The van der Waals surface area contributed by atoms with Gasteiger partial charge in [0.25, 0.3) is 5.91 Å². The fourth-order valence-electron chi connectivity index (χ4n) is 6.41. The second kappa shape index (κ2) is 10.7. The van der Waals surface area contributed by atoms with Gasteiger partial charge in [-0.25, -0.2) is 4.39 Å². The van der Waals surface area contributed by atoms with E-state index in [2.05, 4.69) is 34.3 Å². The number of amides is 1. The van der Waals surface area contributed by atoms with Gasteiger partial charge < -0.3 is 19.5 Å². The number of aromatic nitrogens is 3. The molecule has 0 bridgehead atoms. The summed E-state index contributed by atoms with van der Waals surface area (Å²) in [6.07, 6.45) is -4.73. The van der Waals surface area contributed by atoms with Crippen molar-refractivity contribution in [2.75, 3.05) is 37.7 Å². The Bertz CT molecular complexity index is 1480. The van der Waals surface area contributed by atoms with Crippen LogP contribution in [0.25, 0.3) is 0 Å². The van der Waals surface area contributed by atoms with Crippen molar-refractivity contribution in [1.82, 2.24) is 25.0 Å². The Hall–Kier alpha value is -3.35. The molecule has 0 aliphatic carbocycles. The standard InChI is InChI=1S/C30H34F4N6O2/c1-18(2)25-12-35-7-8-39(25)13-19-9-22-23(24(10-19)30(32,33)34)14-40(28(22)41)21-6-4-5-20(11-21)29(15-42-16-29)26(31)27-37-36-17-38(27)3/h4-6,9-11,17-18,25-26,35H,7-8,12-16H2,1-3H3/t25-,26-/m1/s1. The number of piperazine rings is 1. The van der Waals surface area contributed by atoms with Gasteiger partial charge in [-0.15, -0.1) is 10.2 Å². The quantitative estimate of drug-likeness (QED) is 0.414. The number of alkyl halides is 4. The van der Waals surface area contributed by atoms with Crippen molar-refractivity contribution in [2.45, 2.75) is 50.7 Å². The fourth-order valence-corrected chi connectivity index (χ4v) is 6.41. The molecule has 8 nitrogen and oxygen atoms in total. The second-order valence-corrected chi connectivity index (χ2v) is 11.9. The minimum absolute atomic E-state index is 0.0356. The van der Waals surface area contributed by atoms with E-state index in [4.69, 9.17) is 4.74 Å². The van der Waals surface area contributed by atoms with E-state index >= 15 is 4.39 Å². The van der Waals surface area contributed by atoms with Gasteiger partial charge in [0.1, 0.15) is 6.33 Å². The van der Waals surface area contributed by atoms with E-state index in [0.717, 1.165) is 13.1 Å². The zero-order valence-electron chi connectivity index (χ0n) is 23.8. The third kappa shape index (κ3) is 4.88. The summed E-state index contributed by atoms with van der Waals surface area (Å²) in [5.74, 6) is -0.0280. The highest BCUT2D eigenvalue weighted by Gasteiger charge is 2.51. The number of halogens is 4. The monoisotopic (exact) mass is 586 g/mol. The summed E-state index contributed by atoms with van der Waals surface area (Å²) in [4.78, 5) is 17.3. The maximum absolute atomic E-state index is 15.9. The van der Waals surface area contributed by atoms with Gasteiger partial charge in [0, 0.05) is 50.5 Å². The lowest BCUT2D eigenvalue weighted by Crippen LogP contribution is -2.53. The van der Waals surface area contributed by atoms with E-state index in [1.807, 2.05) is 0 Å². The average Bonchev–Trinajstić information content (AvgIpc) is 3.50. The molecule has 4 heterocycles. The van der Waals surface area contributed by atoms with E-state index in [-0.39, 0.29) is 42.8 Å². The first-order valence-electron chi connectivity index (χ1n) is 14.2. The number of aryl methyl sites for hydroxylation is 1. The predicted octanol–water partition coefficient (Wildman–Crippen LogP) is 4.40. The van der Waals surface area contributed by atoms with Crippen LogP contribution in [0, 0.1) is 5.92 Å². The summed E-state index contributed by atoms with van der Waals surface area (Å²) in [6, 6.07) is 9.77. The van der Waals surface area contributed by atoms with Crippen molar-refractivity contribution in [1.29, 1.82) is 0 Å². The van der Waals surface area contributed by atoms with E-state index in [9.17, 15) is 18.0 Å². The van der Waals surface area contributed by atoms with Gasteiger partial charge in [-0.05, 0) is 46.9 Å². The highest BCUT2D eigenvalue weighted by molar-refractivity contribution is 6.10.